The maximum Gasteiger partial charge on any atom is 0.239 e. The van der Waals surface area contributed by atoms with Crippen LogP contribution in [-0.2, 0) is 16.0 Å². The second-order valence-corrected chi connectivity index (χ2v) is 5.35. The smallest absolute Gasteiger partial charge is 0.239 e. The Hall–Kier alpha value is -1.92. The van der Waals surface area contributed by atoms with E-state index in [1.807, 2.05) is 18.2 Å². The van der Waals surface area contributed by atoms with Gasteiger partial charge in [-0.05, 0) is 25.1 Å². The molecule has 4 N–H and O–H groups in total. The third-order valence-electron chi connectivity index (χ3n) is 3.81. The summed E-state index contributed by atoms with van der Waals surface area (Å²) in [6.07, 6.45) is 0.873. The Kier molecular flexibility index (Phi) is 8.94. The van der Waals surface area contributed by atoms with Crippen molar-refractivity contribution in [2.75, 3.05) is 32.7 Å². The van der Waals surface area contributed by atoms with Gasteiger partial charge in [-0.1, -0.05) is 44.2 Å². The van der Waals surface area contributed by atoms with E-state index in [1.165, 1.54) is 5.56 Å². The number of carbonyl (C=O) groups excluding carboxylic acids is 2. The van der Waals surface area contributed by atoms with Crippen molar-refractivity contribution in [1.82, 2.24) is 15.5 Å². The molecular weight excluding hydrogens is 292 g/mol. The fourth-order valence-corrected chi connectivity index (χ4v) is 2.50. The molecule has 0 aliphatic heterocycles. The average Bonchev–Trinajstić information content (AvgIpc) is 2.59. The molecule has 128 valence electrons. The lowest BCUT2D eigenvalue weighted by molar-refractivity contribution is -0.125. The van der Waals surface area contributed by atoms with Crippen LogP contribution in [0.25, 0.3) is 0 Å². The van der Waals surface area contributed by atoms with Crippen molar-refractivity contribution in [2.24, 2.45) is 5.73 Å². The number of nitrogens with two attached hydrogens (primary N) is 1. The minimum Gasteiger partial charge on any atom is -0.353 e. The van der Waals surface area contributed by atoms with Gasteiger partial charge in [0.15, 0.2) is 0 Å². The summed E-state index contributed by atoms with van der Waals surface area (Å²) < 4.78 is 0. The van der Waals surface area contributed by atoms with Crippen molar-refractivity contribution >= 4 is 11.8 Å². The van der Waals surface area contributed by atoms with Crippen LogP contribution in [-0.4, -0.2) is 55.5 Å². The SMILES string of the molecule is CCN(CC)C(CNC(=O)CNC(=O)CN)Cc1ccccc1. The second-order valence-electron chi connectivity index (χ2n) is 5.35. The Labute approximate surface area is 138 Å². The lowest BCUT2D eigenvalue weighted by Crippen LogP contribution is -2.47. The number of likely N-dealkylation sites (N-methyl/N-ethyl adjacent to an activating group) is 1. The van der Waals surface area contributed by atoms with Gasteiger partial charge in [-0.15, -0.1) is 0 Å². The molecule has 23 heavy (non-hydrogen) atoms. The zero-order valence-electron chi connectivity index (χ0n) is 14.0. The Morgan fingerprint density at radius 2 is 1.74 bits per heavy atom. The van der Waals surface area contributed by atoms with Gasteiger partial charge in [-0.25, -0.2) is 0 Å². The highest BCUT2D eigenvalue weighted by atomic mass is 16.2. The molecule has 6 heteroatoms. The molecule has 1 unspecified atom stereocenters. The Balaban J connectivity index is 2.56. The zero-order valence-corrected chi connectivity index (χ0v) is 14.0. The van der Waals surface area contributed by atoms with Crippen LogP contribution in [0.5, 0.6) is 0 Å². The van der Waals surface area contributed by atoms with Gasteiger partial charge in [0.1, 0.15) is 0 Å². The first kappa shape index (κ1) is 19.1. The molecule has 0 spiro atoms. The molecule has 2 amide bonds. The molecule has 0 fully saturated rings. The van der Waals surface area contributed by atoms with Gasteiger partial charge in [-0.2, -0.15) is 0 Å². The molecule has 1 aromatic rings. The van der Waals surface area contributed by atoms with Crippen molar-refractivity contribution in [3.63, 3.8) is 0 Å². The molecule has 0 bridgehead atoms. The van der Waals surface area contributed by atoms with Gasteiger partial charge in [0.25, 0.3) is 0 Å². The number of hydrogen-bond acceptors (Lipinski definition) is 4. The number of nitrogens with zero attached hydrogens (tertiary/aromatic N) is 1. The van der Waals surface area contributed by atoms with Crippen LogP contribution in [0.3, 0.4) is 0 Å². The molecule has 0 aliphatic rings. The minimum atomic E-state index is -0.329. The molecule has 1 atom stereocenters. The standard InChI is InChI=1S/C17H28N4O2/c1-3-21(4-2)15(10-14-8-6-5-7-9-14)12-19-17(23)13-20-16(22)11-18/h5-9,15H,3-4,10-13,18H2,1-2H3,(H,19,23)(H,20,22). The van der Waals surface area contributed by atoms with E-state index < -0.39 is 0 Å². The average molecular weight is 320 g/mol. The van der Waals surface area contributed by atoms with E-state index in [4.69, 9.17) is 5.73 Å². The van der Waals surface area contributed by atoms with Crippen molar-refractivity contribution in [3.05, 3.63) is 35.9 Å². The monoisotopic (exact) mass is 320 g/mol. The van der Waals surface area contributed by atoms with E-state index >= 15 is 0 Å². The highest BCUT2D eigenvalue weighted by Gasteiger charge is 2.17. The summed E-state index contributed by atoms with van der Waals surface area (Å²) in [7, 11) is 0. The molecule has 1 rings (SSSR count). The van der Waals surface area contributed by atoms with Gasteiger partial charge in [0.2, 0.25) is 11.8 Å². The van der Waals surface area contributed by atoms with Crippen molar-refractivity contribution < 1.29 is 9.59 Å². The van der Waals surface area contributed by atoms with E-state index in [2.05, 4.69) is 41.5 Å². The van der Waals surface area contributed by atoms with E-state index in [1.54, 1.807) is 0 Å². The number of carbonyl (C=O) groups is 2. The van der Waals surface area contributed by atoms with Crippen LogP contribution in [0.2, 0.25) is 0 Å². The summed E-state index contributed by atoms with van der Waals surface area (Å²) in [4.78, 5) is 25.2. The van der Waals surface area contributed by atoms with Gasteiger partial charge < -0.3 is 16.4 Å². The molecule has 0 aliphatic carbocycles. The zero-order chi connectivity index (χ0) is 17.1. The number of amides is 2. The van der Waals surface area contributed by atoms with E-state index in [9.17, 15) is 9.59 Å². The van der Waals surface area contributed by atoms with Crippen LogP contribution in [0, 0.1) is 0 Å². The number of rotatable bonds is 10. The second kappa shape index (κ2) is 10.7. The maximum atomic E-state index is 11.8. The third-order valence-corrected chi connectivity index (χ3v) is 3.81. The Morgan fingerprint density at radius 1 is 1.09 bits per heavy atom. The van der Waals surface area contributed by atoms with Gasteiger partial charge >= 0.3 is 0 Å². The third kappa shape index (κ3) is 7.25. The summed E-state index contributed by atoms with van der Waals surface area (Å²) in [5.41, 5.74) is 6.44. The maximum absolute atomic E-state index is 11.8. The summed E-state index contributed by atoms with van der Waals surface area (Å²) in [5, 5.41) is 5.37. The normalized spacial score (nSPS) is 12.0. The minimum absolute atomic E-state index is 0.0354. The Morgan fingerprint density at radius 3 is 2.30 bits per heavy atom. The lowest BCUT2D eigenvalue weighted by atomic mass is 10.0. The highest BCUT2D eigenvalue weighted by molar-refractivity contribution is 5.85. The van der Waals surface area contributed by atoms with E-state index in [0.29, 0.717) is 6.54 Å². The topological polar surface area (TPSA) is 87.5 Å². The van der Waals surface area contributed by atoms with Crippen molar-refractivity contribution in [1.29, 1.82) is 0 Å². The van der Waals surface area contributed by atoms with Crippen LogP contribution >= 0.6 is 0 Å². The fourth-order valence-electron chi connectivity index (χ4n) is 2.50. The summed E-state index contributed by atoms with van der Waals surface area (Å²) >= 11 is 0. The predicted molar refractivity (Wildman–Crippen MR) is 91.9 cm³/mol. The Bertz CT molecular complexity index is 475. The molecule has 0 heterocycles. The summed E-state index contributed by atoms with van der Waals surface area (Å²) in [6, 6.07) is 10.5. The highest BCUT2D eigenvalue weighted by Crippen LogP contribution is 2.08. The number of benzene rings is 1. The van der Waals surface area contributed by atoms with Crippen molar-refractivity contribution in [2.45, 2.75) is 26.3 Å². The lowest BCUT2D eigenvalue weighted by Gasteiger charge is -2.30. The first-order chi connectivity index (χ1) is 11.1. The first-order valence-electron chi connectivity index (χ1n) is 8.12. The number of hydrogen-bond donors (Lipinski definition) is 3. The van der Waals surface area contributed by atoms with Crippen LogP contribution < -0.4 is 16.4 Å². The molecule has 0 saturated heterocycles. The number of nitrogens with one attached hydrogen (secondary N) is 2. The van der Waals surface area contributed by atoms with Crippen LogP contribution in [0.15, 0.2) is 30.3 Å². The first-order valence-corrected chi connectivity index (χ1v) is 8.12. The molecule has 0 saturated carbocycles. The predicted octanol–water partition coefficient (Wildman–Crippen LogP) is 0.131. The van der Waals surface area contributed by atoms with Crippen LogP contribution in [0.1, 0.15) is 19.4 Å². The van der Waals surface area contributed by atoms with Gasteiger partial charge in [0, 0.05) is 12.6 Å². The fraction of sp³-hybridized carbons (Fsp3) is 0.529. The van der Waals surface area contributed by atoms with Gasteiger partial charge in [-0.3, -0.25) is 14.5 Å². The molecular formula is C17H28N4O2. The largest absolute Gasteiger partial charge is 0.353 e. The van der Waals surface area contributed by atoms with Crippen molar-refractivity contribution in [3.8, 4) is 0 Å². The van der Waals surface area contributed by atoms with Crippen LogP contribution in [0.4, 0.5) is 0 Å². The quantitative estimate of drug-likeness (QED) is 0.572. The molecule has 0 radical (unpaired) electrons. The molecule has 1 aromatic carbocycles. The summed E-state index contributed by atoms with van der Waals surface area (Å²) in [5.74, 6) is -0.526. The van der Waals surface area contributed by atoms with Gasteiger partial charge in [0.05, 0.1) is 13.1 Å². The van der Waals surface area contributed by atoms with E-state index in [-0.39, 0.29) is 30.9 Å². The molecule has 6 nitrogen and oxygen atoms in total. The molecule has 0 aromatic heterocycles. The summed E-state index contributed by atoms with van der Waals surface area (Å²) in [6.45, 7) is 6.49. The van der Waals surface area contributed by atoms with E-state index in [0.717, 1.165) is 19.5 Å².